The van der Waals surface area contributed by atoms with Gasteiger partial charge < -0.3 is 14.6 Å². The molecule has 3 nitrogen and oxygen atoms in total. The number of benzene rings is 1. The van der Waals surface area contributed by atoms with E-state index in [1.807, 2.05) is 13.8 Å². The van der Waals surface area contributed by atoms with Gasteiger partial charge in [-0.3, -0.25) is 0 Å². The van der Waals surface area contributed by atoms with E-state index in [9.17, 15) is 0 Å². The highest BCUT2D eigenvalue weighted by Gasteiger charge is 2.18. The lowest BCUT2D eigenvalue weighted by Crippen LogP contribution is -2.37. The third-order valence-electron chi connectivity index (χ3n) is 3.04. The van der Waals surface area contributed by atoms with Crippen molar-refractivity contribution in [1.82, 2.24) is 0 Å². The highest BCUT2D eigenvalue weighted by molar-refractivity contribution is 6.61. The van der Waals surface area contributed by atoms with Crippen LogP contribution in [0.15, 0.2) is 12.1 Å². The zero-order valence-electron chi connectivity index (χ0n) is 12.0. The van der Waals surface area contributed by atoms with Gasteiger partial charge in [0.05, 0.1) is 0 Å². The average Bonchev–Trinajstić information content (AvgIpc) is 2.39. The van der Waals surface area contributed by atoms with E-state index in [0.29, 0.717) is 13.2 Å². The van der Waals surface area contributed by atoms with Crippen LogP contribution in [0.5, 0.6) is 0 Å². The van der Waals surface area contributed by atoms with Crippen LogP contribution in [-0.2, 0) is 21.7 Å². The predicted octanol–water partition coefficient (Wildman–Crippen LogP) is 1.89. The van der Waals surface area contributed by atoms with Gasteiger partial charge in [-0.1, -0.05) is 26.0 Å². The lowest BCUT2D eigenvalue weighted by atomic mass is 10.0. The molecule has 0 saturated heterocycles. The molecular formula is C14H25NO2Si. The first kappa shape index (κ1) is 15.2. The van der Waals surface area contributed by atoms with Crippen molar-refractivity contribution < 1.29 is 8.85 Å². The van der Waals surface area contributed by atoms with Crippen molar-refractivity contribution in [3.05, 3.63) is 23.3 Å². The molecule has 0 spiro atoms. The Balaban J connectivity index is 3.13. The number of hydrogen-bond donors (Lipinski definition) is 1. The molecule has 0 bridgehead atoms. The van der Waals surface area contributed by atoms with Gasteiger partial charge in [-0.2, -0.15) is 0 Å². The van der Waals surface area contributed by atoms with Crippen LogP contribution in [0.4, 0.5) is 5.69 Å². The molecule has 1 aromatic rings. The zero-order valence-corrected chi connectivity index (χ0v) is 13.1. The topological polar surface area (TPSA) is 44.5 Å². The summed E-state index contributed by atoms with van der Waals surface area (Å²) in [6, 6.07) is 4.33. The van der Waals surface area contributed by atoms with Gasteiger partial charge in [0, 0.05) is 18.9 Å². The molecule has 0 atom stereocenters. The Morgan fingerprint density at radius 3 is 1.72 bits per heavy atom. The molecule has 0 heterocycles. The van der Waals surface area contributed by atoms with Crippen molar-refractivity contribution in [3.8, 4) is 0 Å². The van der Waals surface area contributed by atoms with Gasteiger partial charge in [0.25, 0.3) is 0 Å². The van der Waals surface area contributed by atoms with Crippen molar-refractivity contribution in [2.45, 2.75) is 40.5 Å². The van der Waals surface area contributed by atoms with Gasteiger partial charge in [0.1, 0.15) is 0 Å². The summed E-state index contributed by atoms with van der Waals surface area (Å²) in [6.45, 7) is 9.68. The molecule has 102 valence electrons. The second-order valence-electron chi connectivity index (χ2n) is 4.20. The monoisotopic (exact) mass is 267 g/mol. The highest BCUT2D eigenvalue weighted by Crippen LogP contribution is 2.18. The maximum Gasteiger partial charge on any atom is 0.355 e. The van der Waals surface area contributed by atoms with Crippen LogP contribution >= 0.6 is 0 Å². The van der Waals surface area contributed by atoms with Crippen molar-refractivity contribution in [2.24, 2.45) is 0 Å². The summed E-state index contributed by atoms with van der Waals surface area (Å²) in [5.74, 6) is 0. The molecule has 0 aliphatic heterocycles. The second kappa shape index (κ2) is 7.56. The molecule has 1 rings (SSSR count). The summed E-state index contributed by atoms with van der Waals surface area (Å²) in [7, 11) is -1.75. The number of rotatable bonds is 7. The van der Waals surface area contributed by atoms with Crippen molar-refractivity contribution in [1.29, 1.82) is 0 Å². The van der Waals surface area contributed by atoms with E-state index >= 15 is 0 Å². The molecule has 0 saturated carbocycles. The van der Waals surface area contributed by atoms with E-state index in [4.69, 9.17) is 14.6 Å². The summed E-state index contributed by atoms with van der Waals surface area (Å²) < 4.78 is 11.6. The van der Waals surface area contributed by atoms with Gasteiger partial charge >= 0.3 is 9.28 Å². The molecule has 0 aliphatic carbocycles. The van der Waals surface area contributed by atoms with Crippen LogP contribution in [0, 0.1) is 0 Å². The molecule has 2 N–H and O–H groups in total. The highest BCUT2D eigenvalue weighted by atomic mass is 28.3. The summed E-state index contributed by atoms with van der Waals surface area (Å²) in [4.78, 5) is 0. The van der Waals surface area contributed by atoms with E-state index in [1.54, 1.807) is 0 Å². The Bertz CT molecular complexity index is 351. The first-order valence-corrected chi connectivity index (χ1v) is 8.34. The van der Waals surface area contributed by atoms with Crippen molar-refractivity contribution in [2.75, 3.05) is 18.9 Å². The SMILES string of the molecule is CCO[SiH](OCC)c1cc(CC)c(N)c(CC)c1. The van der Waals surface area contributed by atoms with Gasteiger partial charge in [0.15, 0.2) is 0 Å². The smallest absolute Gasteiger partial charge is 0.355 e. The van der Waals surface area contributed by atoms with E-state index < -0.39 is 9.28 Å². The van der Waals surface area contributed by atoms with Crippen molar-refractivity contribution in [3.63, 3.8) is 0 Å². The molecule has 1 aromatic carbocycles. The van der Waals surface area contributed by atoms with E-state index in [-0.39, 0.29) is 0 Å². The Labute approximate surface area is 112 Å². The predicted molar refractivity (Wildman–Crippen MR) is 79.6 cm³/mol. The fraction of sp³-hybridized carbons (Fsp3) is 0.571. The Hall–Kier alpha value is -0.843. The number of nitrogen functional groups attached to an aromatic ring is 1. The van der Waals surface area contributed by atoms with Gasteiger partial charge in [-0.15, -0.1) is 0 Å². The average molecular weight is 267 g/mol. The molecule has 0 radical (unpaired) electrons. The quantitative estimate of drug-likeness (QED) is 0.606. The van der Waals surface area contributed by atoms with Crippen molar-refractivity contribution >= 4 is 20.2 Å². The van der Waals surface area contributed by atoms with E-state index in [1.165, 1.54) is 16.3 Å². The number of anilines is 1. The molecule has 18 heavy (non-hydrogen) atoms. The molecule has 0 aromatic heterocycles. The maximum atomic E-state index is 6.16. The molecule has 0 amide bonds. The minimum atomic E-state index is -1.75. The van der Waals surface area contributed by atoms with Gasteiger partial charge in [-0.25, -0.2) is 0 Å². The minimum absolute atomic E-state index is 0.699. The first-order valence-electron chi connectivity index (χ1n) is 6.82. The fourth-order valence-electron chi connectivity index (χ4n) is 2.07. The standard InChI is InChI=1S/C14H25NO2Si/c1-5-11-9-13(10-12(6-2)14(11)15)18(16-7-3)17-8-4/h9-10,18H,5-8,15H2,1-4H3. The maximum absolute atomic E-state index is 6.16. The lowest BCUT2D eigenvalue weighted by molar-refractivity contribution is 0.225. The third kappa shape index (κ3) is 3.57. The number of hydrogen-bond acceptors (Lipinski definition) is 3. The summed E-state index contributed by atoms with van der Waals surface area (Å²) in [5.41, 5.74) is 9.51. The Morgan fingerprint density at radius 1 is 0.944 bits per heavy atom. The van der Waals surface area contributed by atoms with Crippen LogP contribution in [0.3, 0.4) is 0 Å². The third-order valence-corrected chi connectivity index (χ3v) is 5.19. The first-order chi connectivity index (χ1) is 8.67. The molecule has 0 aliphatic rings. The Morgan fingerprint density at radius 2 is 1.39 bits per heavy atom. The largest absolute Gasteiger partial charge is 0.398 e. The Kier molecular flexibility index (Phi) is 6.39. The van der Waals surface area contributed by atoms with E-state index in [0.717, 1.165) is 18.5 Å². The molecule has 0 unspecified atom stereocenters. The second-order valence-corrected chi connectivity index (χ2v) is 6.20. The lowest BCUT2D eigenvalue weighted by Gasteiger charge is -2.18. The molecule has 0 fully saturated rings. The summed E-state index contributed by atoms with van der Waals surface area (Å²) in [6.07, 6.45) is 1.90. The van der Waals surface area contributed by atoms with Gasteiger partial charge in [-0.05, 0) is 43.0 Å². The fourth-order valence-corrected chi connectivity index (χ4v) is 3.83. The van der Waals surface area contributed by atoms with Crippen LogP contribution in [0.25, 0.3) is 0 Å². The van der Waals surface area contributed by atoms with Crippen LogP contribution < -0.4 is 10.9 Å². The minimum Gasteiger partial charge on any atom is -0.398 e. The van der Waals surface area contributed by atoms with Crippen LogP contribution in [0.2, 0.25) is 0 Å². The zero-order chi connectivity index (χ0) is 13.5. The van der Waals surface area contributed by atoms with E-state index in [2.05, 4.69) is 26.0 Å². The molecule has 4 heteroatoms. The van der Waals surface area contributed by atoms with Gasteiger partial charge in [0.2, 0.25) is 0 Å². The summed E-state index contributed by atoms with van der Waals surface area (Å²) in [5, 5.41) is 1.21. The summed E-state index contributed by atoms with van der Waals surface area (Å²) >= 11 is 0. The van der Waals surface area contributed by atoms with Crippen LogP contribution in [0.1, 0.15) is 38.8 Å². The van der Waals surface area contributed by atoms with Crippen LogP contribution in [-0.4, -0.2) is 22.5 Å². The number of nitrogens with two attached hydrogens (primary N) is 1. The normalized spacial score (nSPS) is 11.2. The number of aryl methyl sites for hydroxylation is 2. The molecular weight excluding hydrogens is 242 g/mol.